The van der Waals surface area contributed by atoms with E-state index >= 15 is 0 Å². The van der Waals surface area contributed by atoms with Gasteiger partial charge in [0.05, 0.1) is 6.20 Å². The molecule has 0 saturated carbocycles. The molecule has 0 bridgehead atoms. The van der Waals surface area contributed by atoms with Gasteiger partial charge in [-0.05, 0) is 26.3 Å². The molecule has 13 heavy (non-hydrogen) atoms. The predicted octanol–water partition coefficient (Wildman–Crippen LogP) is 3.05. The summed E-state index contributed by atoms with van der Waals surface area (Å²) in [5, 5.41) is 4.26. The zero-order valence-corrected chi connectivity index (χ0v) is 8.49. The normalized spacial score (nSPS) is 12.2. The molecule has 0 saturated heterocycles. The van der Waals surface area contributed by atoms with Crippen LogP contribution in [-0.2, 0) is 0 Å². The Bertz CT molecular complexity index is 319. The second-order valence-corrected chi connectivity index (χ2v) is 3.39. The van der Waals surface area contributed by atoms with Gasteiger partial charge in [0.2, 0.25) is 0 Å². The Morgan fingerprint density at radius 2 is 2.31 bits per heavy atom. The Hall–Kier alpha value is -1.31. The molecule has 1 aromatic heterocycles. The van der Waals surface area contributed by atoms with E-state index in [2.05, 4.69) is 38.6 Å². The number of hydrogen-bond donors (Lipinski definition) is 0. The van der Waals surface area contributed by atoms with Crippen LogP contribution in [0.25, 0.3) is 5.57 Å². The molecular weight excluding hydrogens is 160 g/mol. The first-order chi connectivity index (χ1) is 6.15. The molecule has 0 amide bonds. The van der Waals surface area contributed by atoms with Gasteiger partial charge in [0.15, 0.2) is 0 Å². The van der Waals surface area contributed by atoms with E-state index in [1.807, 2.05) is 17.0 Å². The van der Waals surface area contributed by atoms with Crippen LogP contribution in [0, 0.1) is 0 Å². The Balaban J connectivity index is 2.91. The molecule has 0 atom stereocenters. The number of aromatic nitrogens is 2. The van der Waals surface area contributed by atoms with Crippen LogP contribution < -0.4 is 0 Å². The Morgan fingerprint density at radius 1 is 1.62 bits per heavy atom. The first-order valence-corrected chi connectivity index (χ1v) is 4.49. The van der Waals surface area contributed by atoms with Gasteiger partial charge in [-0.3, -0.25) is 4.68 Å². The van der Waals surface area contributed by atoms with E-state index in [-0.39, 0.29) is 0 Å². The number of allylic oxidation sites excluding steroid dienone is 3. The minimum atomic E-state index is 0.422. The lowest BCUT2D eigenvalue weighted by molar-refractivity contribution is 0.532. The standard InChI is InChI=1S/C11H16N2/c1-5-6-10(4)11-7-12-13(8-11)9(2)3/h5-9H,1H2,2-4H3/b10-6+. The van der Waals surface area contributed by atoms with Gasteiger partial charge in [0.1, 0.15) is 0 Å². The van der Waals surface area contributed by atoms with Gasteiger partial charge < -0.3 is 0 Å². The monoisotopic (exact) mass is 176 g/mol. The number of hydrogen-bond acceptors (Lipinski definition) is 1. The third-order valence-electron chi connectivity index (χ3n) is 1.95. The third kappa shape index (κ3) is 2.31. The molecule has 2 heteroatoms. The van der Waals surface area contributed by atoms with E-state index in [0.717, 1.165) is 5.56 Å². The van der Waals surface area contributed by atoms with E-state index < -0.39 is 0 Å². The molecule has 0 aliphatic heterocycles. The summed E-state index contributed by atoms with van der Waals surface area (Å²) in [6.07, 6.45) is 7.72. The number of rotatable bonds is 3. The molecule has 0 spiro atoms. The van der Waals surface area contributed by atoms with Crippen molar-refractivity contribution in [3.63, 3.8) is 0 Å². The van der Waals surface area contributed by atoms with Crippen LogP contribution >= 0.6 is 0 Å². The Kier molecular flexibility index (Phi) is 3.07. The van der Waals surface area contributed by atoms with Crippen molar-refractivity contribution in [1.29, 1.82) is 0 Å². The molecule has 0 unspecified atom stereocenters. The average molecular weight is 176 g/mol. The molecule has 70 valence electrons. The van der Waals surface area contributed by atoms with Gasteiger partial charge in [-0.15, -0.1) is 0 Å². The molecule has 0 aliphatic rings. The zero-order chi connectivity index (χ0) is 9.84. The quantitative estimate of drug-likeness (QED) is 0.647. The lowest BCUT2D eigenvalue weighted by Gasteiger charge is -2.02. The maximum Gasteiger partial charge on any atom is 0.0565 e. The van der Waals surface area contributed by atoms with E-state index in [0.29, 0.717) is 6.04 Å². The van der Waals surface area contributed by atoms with Gasteiger partial charge in [0.25, 0.3) is 0 Å². The van der Waals surface area contributed by atoms with Crippen LogP contribution in [0.5, 0.6) is 0 Å². The van der Waals surface area contributed by atoms with Crippen LogP contribution in [0.1, 0.15) is 32.4 Å². The summed E-state index contributed by atoms with van der Waals surface area (Å²) in [5.41, 5.74) is 2.36. The van der Waals surface area contributed by atoms with Crippen molar-refractivity contribution in [1.82, 2.24) is 9.78 Å². The highest BCUT2D eigenvalue weighted by Gasteiger charge is 2.01. The molecule has 1 aromatic rings. The van der Waals surface area contributed by atoms with E-state index in [1.54, 1.807) is 6.08 Å². The Labute approximate surface area is 79.6 Å². The van der Waals surface area contributed by atoms with Gasteiger partial charge in [-0.25, -0.2) is 0 Å². The topological polar surface area (TPSA) is 17.8 Å². The maximum atomic E-state index is 4.26. The van der Waals surface area contributed by atoms with E-state index in [1.165, 1.54) is 5.57 Å². The van der Waals surface area contributed by atoms with Crippen molar-refractivity contribution in [3.8, 4) is 0 Å². The van der Waals surface area contributed by atoms with Gasteiger partial charge in [0, 0.05) is 17.8 Å². The lowest BCUT2D eigenvalue weighted by Crippen LogP contribution is -1.99. The molecule has 2 nitrogen and oxygen atoms in total. The second kappa shape index (κ2) is 4.08. The fourth-order valence-corrected chi connectivity index (χ4v) is 1.10. The van der Waals surface area contributed by atoms with Crippen LogP contribution in [-0.4, -0.2) is 9.78 Å². The molecule has 0 aliphatic carbocycles. The maximum absolute atomic E-state index is 4.26. The smallest absolute Gasteiger partial charge is 0.0565 e. The van der Waals surface area contributed by atoms with Crippen LogP contribution in [0.15, 0.2) is 31.1 Å². The lowest BCUT2D eigenvalue weighted by atomic mass is 10.1. The second-order valence-electron chi connectivity index (χ2n) is 3.39. The SMILES string of the molecule is C=C/C=C(\C)c1cnn(C(C)C)c1. The summed E-state index contributed by atoms with van der Waals surface area (Å²) in [6.45, 7) is 9.95. The summed E-state index contributed by atoms with van der Waals surface area (Å²) in [6, 6.07) is 0.422. The summed E-state index contributed by atoms with van der Waals surface area (Å²) >= 11 is 0. The van der Waals surface area contributed by atoms with E-state index in [4.69, 9.17) is 0 Å². The molecule has 0 N–H and O–H groups in total. The summed E-state index contributed by atoms with van der Waals surface area (Å²) in [7, 11) is 0. The first kappa shape index (κ1) is 9.78. The fraction of sp³-hybridized carbons (Fsp3) is 0.364. The molecular formula is C11H16N2. The molecule has 0 aromatic carbocycles. The molecule has 0 fully saturated rings. The molecule has 0 radical (unpaired) electrons. The summed E-state index contributed by atoms with van der Waals surface area (Å²) in [4.78, 5) is 0. The van der Waals surface area contributed by atoms with Crippen molar-refractivity contribution in [2.75, 3.05) is 0 Å². The fourth-order valence-electron chi connectivity index (χ4n) is 1.10. The summed E-state index contributed by atoms with van der Waals surface area (Å²) < 4.78 is 1.95. The third-order valence-corrected chi connectivity index (χ3v) is 1.95. The summed E-state index contributed by atoms with van der Waals surface area (Å²) in [5.74, 6) is 0. The van der Waals surface area contributed by atoms with E-state index in [9.17, 15) is 0 Å². The highest BCUT2D eigenvalue weighted by molar-refractivity contribution is 5.63. The Morgan fingerprint density at radius 3 is 2.77 bits per heavy atom. The molecule has 1 rings (SSSR count). The van der Waals surface area contributed by atoms with Crippen molar-refractivity contribution >= 4 is 5.57 Å². The highest BCUT2D eigenvalue weighted by Crippen LogP contribution is 2.14. The average Bonchev–Trinajstić information content (AvgIpc) is 2.52. The van der Waals surface area contributed by atoms with Crippen LogP contribution in [0.3, 0.4) is 0 Å². The van der Waals surface area contributed by atoms with Gasteiger partial charge >= 0.3 is 0 Å². The highest BCUT2D eigenvalue weighted by atomic mass is 15.3. The zero-order valence-electron chi connectivity index (χ0n) is 8.49. The van der Waals surface area contributed by atoms with Crippen molar-refractivity contribution in [2.45, 2.75) is 26.8 Å². The van der Waals surface area contributed by atoms with Crippen molar-refractivity contribution in [2.24, 2.45) is 0 Å². The largest absolute Gasteiger partial charge is 0.270 e. The number of nitrogens with zero attached hydrogens (tertiary/aromatic N) is 2. The van der Waals surface area contributed by atoms with Gasteiger partial charge in [-0.2, -0.15) is 5.10 Å². The van der Waals surface area contributed by atoms with Crippen molar-refractivity contribution < 1.29 is 0 Å². The van der Waals surface area contributed by atoms with Crippen LogP contribution in [0.4, 0.5) is 0 Å². The van der Waals surface area contributed by atoms with Crippen molar-refractivity contribution in [3.05, 3.63) is 36.7 Å². The van der Waals surface area contributed by atoms with Crippen LogP contribution in [0.2, 0.25) is 0 Å². The minimum absolute atomic E-state index is 0.422. The first-order valence-electron chi connectivity index (χ1n) is 4.49. The predicted molar refractivity (Wildman–Crippen MR) is 56.5 cm³/mol. The van der Waals surface area contributed by atoms with Gasteiger partial charge in [-0.1, -0.05) is 18.7 Å². The molecule has 1 heterocycles. The minimum Gasteiger partial charge on any atom is -0.270 e.